The van der Waals surface area contributed by atoms with Crippen LogP contribution in [0.1, 0.15) is 6.92 Å². The Morgan fingerprint density at radius 3 is 2.85 bits per heavy atom. The second-order valence-corrected chi connectivity index (χ2v) is 6.58. The van der Waals surface area contributed by atoms with E-state index in [0.717, 1.165) is 11.8 Å². The largest absolute Gasteiger partial charge is 0.452 e. The quantitative estimate of drug-likeness (QED) is 0.507. The molecule has 0 saturated carbocycles. The average Bonchev–Trinajstić information content (AvgIpc) is 3.05. The standard InChI is InChI=1S/C17H14ClN3O4S/c1-10(16(23)21-14-7-6-11(18)8-19-14)24-15(22)9-26-17-20-12-4-2-3-5-13(12)25-17/h2-8,10H,9H2,1H3,(H,19,21,23). The number of anilines is 1. The molecule has 1 N–H and O–H groups in total. The number of benzene rings is 1. The van der Waals surface area contributed by atoms with Gasteiger partial charge in [0.2, 0.25) is 0 Å². The summed E-state index contributed by atoms with van der Waals surface area (Å²) in [7, 11) is 0. The van der Waals surface area contributed by atoms with Gasteiger partial charge in [-0.1, -0.05) is 35.5 Å². The lowest BCUT2D eigenvalue weighted by Gasteiger charge is -2.12. The van der Waals surface area contributed by atoms with E-state index in [1.54, 1.807) is 18.2 Å². The molecule has 2 aromatic heterocycles. The molecule has 3 rings (SSSR count). The van der Waals surface area contributed by atoms with E-state index in [4.69, 9.17) is 20.8 Å². The van der Waals surface area contributed by atoms with Crippen LogP contribution < -0.4 is 5.32 Å². The summed E-state index contributed by atoms with van der Waals surface area (Å²) in [5, 5.41) is 3.37. The van der Waals surface area contributed by atoms with E-state index in [2.05, 4.69) is 15.3 Å². The smallest absolute Gasteiger partial charge is 0.317 e. The summed E-state index contributed by atoms with van der Waals surface area (Å²) < 4.78 is 10.6. The monoisotopic (exact) mass is 391 g/mol. The van der Waals surface area contributed by atoms with Crippen molar-refractivity contribution in [2.24, 2.45) is 0 Å². The van der Waals surface area contributed by atoms with Crippen LogP contribution in [0.15, 0.2) is 52.2 Å². The van der Waals surface area contributed by atoms with Crippen molar-refractivity contribution in [3.63, 3.8) is 0 Å². The van der Waals surface area contributed by atoms with Gasteiger partial charge >= 0.3 is 5.97 Å². The minimum atomic E-state index is -0.968. The number of halogens is 1. The SMILES string of the molecule is CC(OC(=O)CSc1nc2ccccc2o1)C(=O)Nc1ccc(Cl)cn1. The molecule has 1 atom stereocenters. The van der Waals surface area contributed by atoms with E-state index in [1.807, 2.05) is 18.2 Å². The molecule has 0 aliphatic carbocycles. The third kappa shape index (κ3) is 4.74. The number of aromatic nitrogens is 2. The number of amides is 1. The molecule has 1 aromatic carbocycles. The molecule has 0 bridgehead atoms. The number of oxazole rings is 1. The van der Waals surface area contributed by atoms with Crippen molar-refractivity contribution < 1.29 is 18.7 Å². The molecule has 3 aromatic rings. The molecular weight excluding hydrogens is 378 g/mol. The lowest BCUT2D eigenvalue weighted by Crippen LogP contribution is -2.30. The number of fused-ring (bicyclic) bond motifs is 1. The molecule has 0 saturated heterocycles. The number of hydrogen-bond donors (Lipinski definition) is 1. The topological polar surface area (TPSA) is 94.3 Å². The van der Waals surface area contributed by atoms with Crippen LogP contribution in [0, 0.1) is 0 Å². The Bertz CT molecular complexity index is 896. The van der Waals surface area contributed by atoms with Crippen LogP contribution in [0.3, 0.4) is 0 Å². The fraction of sp³-hybridized carbons (Fsp3) is 0.176. The van der Waals surface area contributed by atoms with Crippen LogP contribution in [0.2, 0.25) is 5.02 Å². The number of carbonyl (C=O) groups excluding carboxylic acids is 2. The van der Waals surface area contributed by atoms with E-state index < -0.39 is 18.0 Å². The van der Waals surface area contributed by atoms with Gasteiger partial charge in [-0.25, -0.2) is 9.97 Å². The maximum atomic E-state index is 12.0. The van der Waals surface area contributed by atoms with Crippen molar-refractivity contribution in [1.29, 1.82) is 0 Å². The number of thioether (sulfide) groups is 1. The van der Waals surface area contributed by atoms with Crippen molar-refractivity contribution in [3.05, 3.63) is 47.6 Å². The van der Waals surface area contributed by atoms with Crippen molar-refractivity contribution in [1.82, 2.24) is 9.97 Å². The van der Waals surface area contributed by atoms with Gasteiger partial charge in [0, 0.05) is 6.20 Å². The van der Waals surface area contributed by atoms with Gasteiger partial charge in [-0.05, 0) is 31.2 Å². The van der Waals surface area contributed by atoms with Gasteiger partial charge in [-0.3, -0.25) is 9.59 Å². The molecule has 7 nitrogen and oxygen atoms in total. The van der Waals surface area contributed by atoms with E-state index >= 15 is 0 Å². The first kappa shape index (κ1) is 18.2. The number of carbonyl (C=O) groups is 2. The molecule has 9 heteroatoms. The van der Waals surface area contributed by atoms with Crippen molar-refractivity contribution >= 4 is 52.2 Å². The molecule has 0 radical (unpaired) electrons. The van der Waals surface area contributed by atoms with Crippen LogP contribution in [0.4, 0.5) is 5.82 Å². The lowest BCUT2D eigenvalue weighted by molar-refractivity contribution is -0.150. The summed E-state index contributed by atoms with van der Waals surface area (Å²) in [5.74, 6) is -0.740. The average molecular weight is 392 g/mol. The summed E-state index contributed by atoms with van der Waals surface area (Å²) in [6, 6.07) is 10.4. The van der Waals surface area contributed by atoms with Crippen LogP contribution in [-0.4, -0.2) is 33.7 Å². The number of nitrogens with zero attached hydrogens (tertiary/aromatic N) is 2. The summed E-state index contributed by atoms with van der Waals surface area (Å²) in [4.78, 5) is 32.1. The zero-order valence-electron chi connectivity index (χ0n) is 13.6. The van der Waals surface area contributed by atoms with Gasteiger partial charge in [-0.15, -0.1) is 0 Å². The second-order valence-electron chi connectivity index (χ2n) is 5.22. The molecule has 0 aliphatic heterocycles. The van der Waals surface area contributed by atoms with Crippen molar-refractivity contribution in [2.45, 2.75) is 18.3 Å². The van der Waals surface area contributed by atoms with Crippen molar-refractivity contribution in [2.75, 3.05) is 11.1 Å². The highest BCUT2D eigenvalue weighted by Gasteiger charge is 2.19. The highest BCUT2D eigenvalue weighted by Crippen LogP contribution is 2.23. The molecule has 0 aliphatic rings. The molecular formula is C17H14ClN3O4S. The Morgan fingerprint density at radius 1 is 1.31 bits per heavy atom. The van der Waals surface area contributed by atoms with Gasteiger partial charge in [0.15, 0.2) is 11.7 Å². The van der Waals surface area contributed by atoms with Gasteiger partial charge < -0.3 is 14.5 Å². The molecule has 26 heavy (non-hydrogen) atoms. The lowest BCUT2D eigenvalue weighted by atomic mass is 10.3. The Labute approximate surface area is 158 Å². The van der Waals surface area contributed by atoms with Crippen LogP contribution >= 0.6 is 23.4 Å². The molecule has 1 amide bonds. The molecule has 0 fully saturated rings. The van der Waals surface area contributed by atoms with Gasteiger partial charge in [0.25, 0.3) is 11.1 Å². The van der Waals surface area contributed by atoms with E-state index in [1.165, 1.54) is 13.1 Å². The van der Waals surface area contributed by atoms with Crippen molar-refractivity contribution in [3.8, 4) is 0 Å². The number of para-hydroxylation sites is 2. The maximum absolute atomic E-state index is 12.0. The first-order chi connectivity index (χ1) is 12.5. The fourth-order valence-corrected chi connectivity index (χ4v) is 2.73. The first-order valence-corrected chi connectivity index (χ1v) is 8.98. The Morgan fingerprint density at radius 2 is 2.12 bits per heavy atom. The molecule has 2 heterocycles. The van der Waals surface area contributed by atoms with Gasteiger partial charge in [-0.2, -0.15) is 0 Å². The summed E-state index contributed by atoms with van der Waals surface area (Å²) in [6.07, 6.45) is 0.439. The normalized spacial score (nSPS) is 11.9. The summed E-state index contributed by atoms with van der Waals surface area (Å²) in [5.41, 5.74) is 1.36. The number of rotatable bonds is 6. The van der Waals surface area contributed by atoms with E-state index in [-0.39, 0.29) is 5.75 Å². The summed E-state index contributed by atoms with van der Waals surface area (Å²) in [6.45, 7) is 1.48. The van der Waals surface area contributed by atoms with E-state index in [0.29, 0.717) is 27.2 Å². The number of pyridine rings is 1. The van der Waals surface area contributed by atoms with Crippen LogP contribution in [0.5, 0.6) is 0 Å². The number of esters is 1. The van der Waals surface area contributed by atoms with E-state index in [9.17, 15) is 9.59 Å². The minimum absolute atomic E-state index is 0.0242. The number of hydrogen-bond acceptors (Lipinski definition) is 7. The summed E-state index contributed by atoms with van der Waals surface area (Å²) >= 11 is 6.83. The predicted octanol–water partition coefficient (Wildman–Crippen LogP) is 3.54. The third-order valence-corrected chi connectivity index (χ3v) is 4.27. The minimum Gasteiger partial charge on any atom is -0.452 e. The fourth-order valence-electron chi connectivity index (χ4n) is 2.00. The second kappa shape index (κ2) is 8.20. The molecule has 1 unspecified atom stereocenters. The first-order valence-electron chi connectivity index (χ1n) is 7.61. The Kier molecular flexibility index (Phi) is 5.75. The molecule has 0 spiro atoms. The highest BCUT2D eigenvalue weighted by molar-refractivity contribution is 7.99. The van der Waals surface area contributed by atoms with Gasteiger partial charge in [0.05, 0.1) is 5.02 Å². The maximum Gasteiger partial charge on any atom is 0.317 e. The number of ether oxygens (including phenoxy) is 1. The van der Waals surface area contributed by atoms with Crippen LogP contribution in [-0.2, 0) is 14.3 Å². The highest BCUT2D eigenvalue weighted by atomic mass is 35.5. The Hall–Kier alpha value is -2.58. The Balaban J connectivity index is 1.48. The molecule has 134 valence electrons. The third-order valence-electron chi connectivity index (χ3n) is 3.24. The zero-order valence-corrected chi connectivity index (χ0v) is 15.2. The van der Waals surface area contributed by atoms with Gasteiger partial charge in [0.1, 0.15) is 17.1 Å². The number of nitrogens with one attached hydrogen (secondary N) is 1. The van der Waals surface area contributed by atoms with Crippen LogP contribution in [0.25, 0.3) is 11.1 Å². The zero-order chi connectivity index (χ0) is 18.5. The predicted molar refractivity (Wildman–Crippen MR) is 98.2 cm³/mol.